The van der Waals surface area contributed by atoms with E-state index in [2.05, 4.69) is 51.7 Å². The highest BCUT2D eigenvalue weighted by molar-refractivity contribution is 5.93. The number of methoxy groups -OCH3 is 1. The fourth-order valence-corrected chi connectivity index (χ4v) is 2.92. The number of hydrogen-bond acceptors (Lipinski definition) is 3. The molecule has 0 unspecified atom stereocenters. The van der Waals surface area contributed by atoms with Gasteiger partial charge in [0, 0.05) is 35.1 Å². The van der Waals surface area contributed by atoms with E-state index >= 15 is 0 Å². The van der Waals surface area contributed by atoms with Crippen molar-refractivity contribution < 1.29 is 4.74 Å². The van der Waals surface area contributed by atoms with Gasteiger partial charge in [-0.25, -0.2) is 4.98 Å². The van der Waals surface area contributed by atoms with Gasteiger partial charge in [0.05, 0.1) is 7.11 Å². The third-order valence-electron chi connectivity index (χ3n) is 4.24. The first-order valence-electron chi connectivity index (χ1n) is 8.23. The number of nitrogens with one attached hydrogen (secondary N) is 2. The zero-order chi connectivity index (χ0) is 17.1. The van der Waals surface area contributed by atoms with Crippen molar-refractivity contribution >= 4 is 16.7 Å². The molecule has 2 N–H and O–H groups in total. The van der Waals surface area contributed by atoms with E-state index in [0.717, 1.165) is 40.3 Å². The number of rotatable bonds is 5. The quantitative estimate of drug-likeness (QED) is 0.550. The van der Waals surface area contributed by atoms with Crippen molar-refractivity contribution in [2.75, 3.05) is 12.4 Å². The van der Waals surface area contributed by atoms with Crippen molar-refractivity contribution in [3.63, 3.8) is 0 Å². The maximum absolute atomic E-state index is 5.32. The average Bonchev–Trinajstić information content (AvgIpc) is 3.12. The number of anilines is 1. The molecule has 0 radical (unpaired) electrons. The minimum atomic E-state index is 0.777. The highest BCUT2D eigenvalue weighted by Gasteiger charge is 2.09. The van der Waals surface area contributed by atoms with Crippen LogP contribution in [0.2, 0.25) is 0 Å². The molecule has 0 spiro atoms. The maximum atomic E-state index is 5.32. The normalized spacial score (nSPS) is 10.8. The molecule has 25 heavy (non-hydrogen) atoms. The van der Waals surface area contributed by atoms with Gasteiger partial charge in [-0.1, -0.05) is 42.5 Å². The van der Waals surface area contributed by atoms with E-state index < -0.39 is 0 Å². The molecule has 4 heteroatoms. The lowest BCUT2D eigenvalue weighted by Crippen LogP contribution is -1.99. The van der Waals surface area contributed by atoms with Gasteiger partial charge in [-0.2, -0.15) is 0 Å². The Labute approximate surface area is 146 Å². The predicted molar refractivity (Wildman–Crippen MR) is 102 cm³/mol. The molecule has 0 atom stereocenters. The van der Waals surface area contributed by atoms with Crippen LogP contribution in [0.5, 0.6) is 5.75 Å². The fraction of sp³-hybridized carbons (Fsp3) is 0.0952. The molecular weight excluding hydrogens is 310 g/mol. The summed E-state index contributed by atoms with van der Waals surface area (Å²) in [7, 11) is 1.68. The van der Waals surface area contributed by atoms with E-state index in [1.807, 2.05) is 36.5 Å². The van der Waals surface area contributed by atoms with Gasteiger partial charge in [-0.15, -0.1) is 0 Å². The monoisotopic (exact) mass is 329 g/mol. The Hall–Kier alpha value is -3.27. The lowest BCUT2D eigenvalue weighted by molar-refractivity contribution is 0.415. The highest BCUT2D eigenvalue weighted by Crippen LogP contribution is 2.29. The van der Waals surface area contributed by atoms with Gasteiger partial charge in [0.1, 0.15) is 11.4 Å². The van der Waals surface area contributed by atoms with Crippen LogP contribution in [0.3, 0.4) is 0 Å². The van der Waals surface area contributed by atoms with Gasteiger partial charge in [0.25, 0.3) is 0 Å². The summed E-state index contributed by atoms with van der Waals surface area (Å²) >= 11 is 0. The fourth-order valence-electron chi connectivity index (χ4n) is 2.92. The van der Waals surface area contributed by atoms with Crippen molar-refractivity contribution in [3.05, 3.63) is 78.5 Å². The first-order chi connectivity index (χ1) is 12.3. The van der Waals surface area contributed by atoms with E-state index in [1.54, 1.807) is 7.11 Å². The van der Waals surface area contributed by atoms with E-state index in [9.17, 15) is 0 Å². The second-order valence-corrected chi connectivity index (χ2v) is 5.87. The molecule has 0 fully saturated rings. The Morgan fingerprint density at radius 2 is 1.88 bits per heavy atom. The lowest BCUT2D eigenvalue weighted by Gasteiger charge is -2.07. The number of benzene rings is 2. The molecule has 0 saturated heterocycles. The van der Waals surface area contributed by atoms with Crippen LogP contribution in [-0.4, -0.2) is 17.1 Å². The molecule has 0 aliphatic rings. The molecule has 4 aromatic rings. The van der Waals surface area contributed by atoms with Crippen LogP contribution in [0.4, 0.5) is 5.69 Å². The Bertz CT molecular complexity index is 992. The summed E-state index contributed by atoms with van der Waals surface area (Å²) in [6.45, 7) is 0.777. The summed E-state index contributed by atoms with van der Waals surface area (Å²) < 4.78 is 5.32. The van der Waals surface area contributed by atoms with Crippen molar-refractivity contribution in [2.45, 2.75) is 6.54 Å². The smallest absolute Gasteiger partial charge is 0.139 e. The maximum Gasteiger partial charge on any atom is 0.139 e. The van der Waals surface area contributed by atoms with E-state index in [4.69, 9.17) is 4.74 Å². The number of aromatic nitrogens is 2. The van der Waals surface area contributed by atoms with Crippen LogP contribution < -0.4 is 10.1 Å². The number of fused-ring (bicyclic) bond motifs is 1. The average molecular weight is 329 g/mol. The summed E-state index contributed by atoms with van der Waals surface area (Å²) in [5.41, 5.74) is 5.29. The molecule has 0 saturated carbocycles. The molecule has 0 bridgehead atoms. The number of ether oxygens (including phenoxy) is 1. The first kappa shape index (κ1) is 15.3. The second-order valence-electron chi connectivity index (χ2n) is 5.87. The summed E-state index contributed by atoms with van der Waals surface area (Å²) in [6, 6.07) is 22.5. The van der Waals surface area contributed by atoms with Crippen LogP contribution in [0, 0.1) is 0 Å². The minimum absolute atomic E-state index is 0.777. The van der Waals surface area contributed by atoms with Gasteiger partial charge in [-0.05, 0) is 29.8 Å². The Morgan fingerprint density at radius 1 is 1.00 bits per heavy atom. The van der Waals surface area contributed by atoms with E-state index in [-0.39, 0.29) is 0 Å². The predicted octanol–water partition coefficient (Wildman–Crippen LogP) is 4.85. The molecule has 0 amide bonds. The van der Waals surface area contributed by atoms with Crippen LogP contribution in [0.1, 0.15) is 5.56 Å². The molecule has 4 rings (SSSR count). The Morgan fingerprint density at radius 3 is 2.72 bits per heavy atom. The highest BCUT2D eigenvalue weighted by atomic mass is 16.5. The van der Waals surface area contributed by atoms with E-state index in [0.29, 0.717) is 0 Å². The first-order valence-corrected chi connectivity index (χ1v) is 8.23. The van der Waals surface area contributed by atoms with E-state index in [1.165, 1.54) is 5.56 Å². The molecule has 2 aromatic heterocycles. The zero-order valence-corrected chi connectivity index (χ0v) is 14.0. The van der Waals surface area contributed by atoms with Gasteiger partial charge in [0.2, 0.25) is 0 Å². The Balaban J connectivity index is 1.66. The molecule has 0 aliphatic heterocycles. The van der Waals surface area contributed by atoms with Gasteiger partial charge < -0.3 is 15.0 Å². The van der Waals surface area contributed by atoms with Crippen LogP contribution in [-0.2, 0) is 6.54 Å². The van der Waals surface area contributed by atoms with Crippen LogP contribution >= 0.6 is 0 Å². The molecule has 0 aliphatic carbocycles. The minimum Gasteiger partial charge on any atom is -0.497 e. The third-order valence-corrected chi connectivity index (χ3v) is 4.24. The largest absolute Gasteiger partial charge is 0.497 e. The second kappa shape index (κ2) is 6.69. The summed E-state index contributed by atoms with van der Waals surface area (Å²) in [5.74, 6) is 0.839. The summed E-state index contributed by atoms with van der Waals surface area (Å²) in [4.78, 5) is 7.85. The summed E-state index contributed by atoms with van der Waals surface area (Å²) in [5, 5.41) is 4.59. The Kier molecular flexibility index (Phi) is 4.09. The number of nitrogens with zero attached hydrogens (tertiary/aromatic N) is 1. The SMILES string of the molecule is COc1cccc(-c2cc3c(NCc4ccccc4)ccnc3[nH]2)c1. The standard InChI is InChI=1S/C21H19N3O/c1-25-17-9-5-8-16(12-17)20-13-18-19(10-11-22-21(18)24-20)23-14-15-6-3-2-4-7-15/h2-13H,14H2,1H3,(H2,22,23,24). The number of aromatic amines is 1. The van der Waals surface area contributed by atoms with Gasteiger partial charge >= 0.3 is 0 Å². The third kappa shape index (κ3) is 3.19. The van der Waals surface area contributed by atoms with Crippen molar-refractivity contribution in [2.24, 2.45) is 0 Å². The molecular formula is C21H19N3O. The van der Waals surface area contributed by atoms with Crippen LogP contribution in [0.15, 0.2) is 72.9 Å². The lowest BCUT2D eigenvalue weighted by atomic mass is 10.1. The van der Waals surface area contributed by atoms with Gasteiger partial charge in [-0.3, -0.25) is 0 Å². The van der Waals surface area contributed by atoms with Crippen molar-refractivity contribution in [1.82, 2.24) is 9.97 Å². The van der Waals surface area contributed by atoms with Crippen LogP contribution in [0.25, 0.3) is 22.3 Å². The zero-order valence-electron chi connectivity index (χ0n) is 14.0. The molecule has 4 nitrogen and oxygen atoms in total. The summed E-state index contributed by atoms with van der Waals surface area (Å²) in [6.07, 6.45) is 1.82. The molecule has 124 valence electrons. The molecule has 2 heterocycles. The number of hydrogen-bond donors (Lipinski definition) is 2. The van der Waals surface area contributed by atoms with Crippen molar-refractivity contribution in [3.8, 4) is 17.0 Å². The topological polar surface area (TPSA) is 49.9 Å². The number of pyridine rings is 1. The number of H-pyrrole nitrogens is 1. The van der Waals surface area contributed by atoms with Gasteiger partial charge in [0.15, 0.2) is 0 Å². The molecule has 2 aromatic carbocycles. The van der Waals surface area contributed by atoms with Crippen molar-refractivity contribution in [1.29, 1.82) is 0 Å².